The molecule has 1 aliphatic carbocycles. The maximum Gasteiger partial charge on any atom is 0.224 e. The molecule has 1 fully saturated rings. The first-order valence-electron chi connectivity index (χ1n) is 8.38. The highest BCUT2D eigenvalue weighted by Crippen LogP contribution is 2.52. The predicted molar refractivity (Wildman–Crippen MR) is 94.4 cm³/mol. The van der Waals surface area contributed by atoms with E-state index in [2.05, 4.69) is 50.4 Å². The smallest absolute Gasteiger partial charge is 0.224 e. The number of rotatable bonds is 4. The van der Waals surface area contributed by atoms with Gasteiger partial charge in [-0.15, -0.1) is 11.8 Å². The van der Waals surface area contributed by atoms with Crippen LogP contribution in [0.5, 0.6) is 0 Å². The van der Waals surface area contributed by atoms with E-state index in [1.165, 1.54) is 5.71 Å². The lowest BCUT2D eigenvalue weighted by atomic mass is 9.74. The molecule has 0 saturated carbocycles. The van der Waals surface area contributed by atoms with Crippen LogP contribution in [0.15, 0.2) is 29.3 Å². The Balaban J connectivity index is 1.72. The first kappa shape index (κ1) is 15.9. The number of carbonyl (C=O) groups is 1. The summed E-state index contributed by atoms with van der Waals surface area (Å²) in [5, 5.41) is 3.24. The van der Waals surface area contributed by atoms with Gasteiger partial charge in [0.15, 0.2) is 0 Å². The summed E-state index contributed by atoms with van der Waals surface area (Å²) >= 11 is 1.91. The minimum atomic E-state index is -0.0453. The number of aliphatic imine (C=N–C) groups is 1. The van der Waals surface area contributed by atoms with Crippen molar-refractivity contribution < 1.29 is 4.79 Å². The molecule has 1 amide bonds. The van der Waals surface area contributed by atoms with E-state index in [0.29, 0.717) is 11.8 Å². The Bertz CT molecular complexity index is 537. The summed E-state index contributed by atoms with van der Waals surface area (Å²) in [5.74, 6) is 2.26. The van der Waals surface area contributed by atoms with Crippen molar-refractivity contribution in [3.05, 3.63) is 24.3 Å². The number of amides is 1. The molecule has 0 aromatic heterocycles. The Labute approximate surface area is 137 Å². The molecule has 0 aromatic carbocycles. The zero-order valence-electron chi connectivity index (χ0n) is 13.7. The molecule has 4 heteroatoms. The number of hydrogen-bond acceptors (Lipinski definition) is 3. The van der Waals surface area contributed by atoms with Crippen LogP contribution >= 0.6 is 11.8 Å². The Hall–Kier alpha value is -1.03. The third-order valence-electron chi connectivity index (χ3n) is 4.92. The number of nitrogens with one attached hydrogen (secondary N) is 1. The van der Waals surface area contributed by atoms with Crippen molar-refractivity contribution in [2.45, 2.75) is 44.4 Å². The van der Waals surface area contributed by atoms with Gasteiger partial charge in [-0.25, -0.2) is 0 Å². The van der Waals surface area contributed by atoms with Crippen molar-refractivity contribution in [1.82, 2.24) is 5.32 Å². The average Bonchev–Trinajstić information content (AvgIpc) is 2.83. The molecule has 3 aliphatic rings. The van der Waals surface area contributed by atoms with Gasteiger partial charge < -0.3 is 5.32 Å². The summed E-state index contributed by atoms with van der Waals surface area (Å²) in [5.41, 5.74) is 1.17. The fourth-order valence-corrected chi connectivity index (χ4v) is 5.83. The molecule has 1 spiro atoms. The molecule has 120 valence electrons. The van der Waals surface area contributed by atoms with Crippen molar-refractivity contribution in [1.29, 1.82) is 0 Å². The van der Waals surface area contributed by atoms with Gasteiger partial charge in [0.05, 0.1) is 16.4 Å². The van der Waals surface area contributed by atoms with Gasteiger partial charge >= 0.3 is 0 Å². The van der Waals surface area contributed by atoms with Crippen LogP contribution in [0.2, 0.25) is 0 Å². The van der Waals surface area contributed by atoms with E-state index in [4.69, 9.17) is 4.99 Å². The van der Waals surface area contributed by atoms with Crippen molar-refractivity contribution in [2.75, 3.05) is 12.3 Å². The first-order valence-corrected chi connectivity index (χ1v) is 9.36. The van der Waals surface area contributed by atoms with Crippen LogP contribution in [-0.2, 0) is 4.79 Å². The molecule has 0 radical (unpaired) electrons. The summed E-state index contributed by atoms with van der Waals surface area (Å²) in [6.07, 6.45) is 10.6. The molecule has 22 heavy (non-hydrogen) atoms. The number of allylic oxidation sites excluding steroid dienone is 3. The normalized spacial score (nSPS) is 34.1. The predicted octanol–water partition coefficient (Wildman–Crippen LogP) is 3.23. The Morgan fingerprint density at radius 2 is 2.27 bits per heavy atom. The van der Waals surface area contributed by atoms with Crippen molar-refractivity contribution in [3.8, 4) is 0 Å². The molecule has 1 N–H and O–H groups in total. The quantitative estimate of drug-likeness (QED) is 0.864. The van der Waals surface area contributed by atoms with Gasteiger partial charge in [0.25, 0.3) is 0 Å². The molecule has 4 atom stereocenters. The molecule has 0 bridgehead atoms. The lowest BCUT2D eigenvalue weighted by Crippen LogP contribution is -2.47. The summed E-state index contributed by atoms with van der Waals surface area (Å²) in [6.45, 7) is 7.37. The van der Waals surface area contributed by atoms with E-state index in [0.717, 1.165) is 25.1 Å². The monoisotopic (exact) mass is 318 g/mol. The zero-order chi connectivity index (χ0) is 15.7. The molecule has 2 aliphatic heterocycles. The van der Waals surface area contributed by atoms with E-state index in [1.807, 2.05) is 11.8 Å². The number of hydrogen-bond donors (Lipinski definition) is 1. The Morgan fingerprint density at radius 3 is 3.05 bits per heavy atom. The van der Waals surface area contributed by atoms with E-state index in [1.54, 1.807) is 0 Å². The molecular weight excluding hydrogens is 292 g/mol. The third-order valence-corrected chi connectivity index (χ3v) is 6.57. The van der Waals surface area contributed by atoms with Gasteiger partial charge in [-0.3, -0.25) is 9.79 Å². The van der Waals surface area contributed by atoms with Crippen LogP contribution in [0.1, 0.15) is 33.6 Å². The maximum absolute atomic E-state index is 12.8. The number of thioether (sulfide) groups is 1. The van der Waals surface area contributed by atoms with Crippen LogP contribution in [0.4, 0.5) is 0 Å². The maximum atomic E-state index is 12.8. The molecule has 3 nitrogen and oxygen atoms in total. The number of nitrogens with zero attached hydrogens (tertiary/aromatic N) is 1. The molecule has 1 saturated heterocycles. The second-order valence-corrected chi connectivity index (χ2v) is 8.43. The van der Waals surface area contributed by atoms with Crippen LogP contribution in [0, 0.1) is 17.8 Å². The molecule has 0 aromatic rings. The minimum absolute atomic E-state index is 0.0453. The van der Waals surface area contributed by atoms with Crippen LogP contribution in [0.3, 0.4) is 0 Å². The van der Waals surface area contributed by atoms with Crippen molar-refractivity contribution >= 4 is 23.4 Å². The van der Waals surface area contributed by atoms with Gasteiger partial charge in [-0.2, -0.15) is 0 Å². The second kappa shape index (κ2) is 6.23. The summed E-state index contributed by atoms with van der Waals surface area (Å²) in [4.78, 5) is 17.5. The molecule has 3 rings (SSSR count). The zero-order valence-corrected chi connectivity index (χ0v) is 14.5. The van der Waals surface area contributed by atoms with Gasteiger partial charge in [0, 0.05) is 18.3 Å². The van der Waals surface area contributed by atoms with Crippen LogP contribution < -0.4 is 5.32 Å². The van der Waals surface area contributed by atoms with Crippen LogP contribution in [0.25, 0.3) is 0 Å². The molecular formula is C18H26N2OS. The topological polar surface area (TPSA) is 41.5 Å². The van der Waals surface area contributed by atoms with E-state index in [-0.39, 0.29) is 22.6 Å². The highest BCUT2D eigenvalue weighted by atomic mass is 32.2. The van der Waals surface area contributed by atoms with Crippen LogP contribution in [-0.4, -0.2) is 34.7 Å². The summed E-state index contributed by atoms with van der Waals surface area (Å²) in [7, 11) is 0. The minimum Gasteiger partial charge on any atom is -0.353 e. The average molecular weight is 318 g/mol. The van der Waals surface area contributed by atoms with E-state index >= 15 is 0 Å². The molecule has 2 heterocycles. The highest BCUT2D eigenvalue weighted by molar-refractivity contribution is 8.02. The van der Waals surface area contributed by atoms with Gasteiger partial charge in [0.1, 0.15) is 0 Å². The van der Waals surface area contributed by atoms with Gasteiger partial charge in [-0.05, 0) is 37.7 Å². The fraction of sp³-hybridized carbons (Fsp3) is 0.667. The highest BCUT2D eigenvalue weighted by Gasteiger charge is 2.54. The van der Waals surface area contributed by atoms with Crippen molar-refractivity contribution in [2.24, 2.45) is 22.7 Å². The number of carbonyl (C=O) groups excluding carboxylic acids is 1. The van der Waals surface area contributed by atoms with Gasteiger partial charge in [-0.1, -0.05) is 32.1 Å². The lowest BCUT2D eigenvalue weighted by molar-refractivity contribution is -0.126. The molecule has 4 unspecified atom stereocenters. The summed E-state index contributed by atoms with van der Waals surface area (Å²) < 4.78 is -0.0453. The second-order valence-electron chi connectivity index (χ2n) is 7.13. The first-order chi connectivity index (χ1) is 10.5. The summed E-state index contributed by atoms with van der Waals surface area (Å²) in [6, 6.07) is 0.257. The largest absolute Gasteiger partial charge is 0.353 e. The Kier molecular flexibility index (Phi) is 4.49. The van der Waals surface area contributed by atoms with E-state index in [9.17, 15) is 4.79 Å². The lowest BCUT2D eigenvalue weighted by Gasteiger charge is -2.38. The van der Waals surface area contributed by atoms with Crippen molar-refractivity contribution in [3.63, 3.8) is 0 Å². The fourth-order valence-electron chi connectivity index (χ4n) is 4.04. The third kappa shape index (κ3) is 2.78. The SMILES string of the molecule is CC(C)CC(C)NC(=O)C1CSC23C=CC=CC2=NCCC13. The van der Waals surface area contributed by atoms with E-state index < -0.39 is 0 Å². The van der Waals surface area contributed by atoms with Gasteiger partial charge in [0.2, 0.25) is 5.91 Å². The standard InChI is InChI=1S/C18H26N2OS/c1-12(2)10-13(3)20-17(21)14-11-22-18-8-5-4-6-16(18)19-9-7-15(14)18/h4-6,8,12-15H,7,9-11H2,1-3H3,(H,20,21). The Morgan fingerprint density at radius 1 is 1.45 bits per heavy atom.